The lowest BCUT2D eigenvalue weighted by Crippen LogP contribution is -2.59. The molecule has 4 heteroatoms. The smallest absolute Gasteiger partial charge is 0.252 e. The van der Waals surface area contributed by atoms with Crippen LogP contribution in [0, 0.1) is 23.6 Å². The molecule has 0 spiro atoms. The van der Waals surface area contributed by atoms with Crippen molar-refractivity contribution in [2.24, 2.45) is 17.8 Å². The lowest BCUT2D eigenvalue weighted by molar-refractivity contribution is -0.0167. The normalized spacial score (nSPS) is 36.8. The number of benzene rings is 1. The second-order valence-electron chi connectivity index (χ2n) is 7.28. The monoisotopic (exact) mass is 351 g/mol. The average molecular weight is 352 g/mol. The predicted molar refractivity (Wildman–Crippen MR) is 82.5 cm³/mol. The number of carbonyl (C=O) groups is 1. The van der Waals surface area contributed by atoms with E-state index in [1.165, 1.54) is 31.4 Å². The highest BCUT2D eigenvalue weighted by Crippen LogP contribution is 2.55. The number of rotatable bonds is 2. The Morgan fingerprint density at radius 2 is 1.71 bits per heavy atom. The van der Waals surface area contributed by atoms with Crippen molar-refractivity contribution in [2.75, 3.05) is 0 Å². The van der Waals surface area contributed by atoms with Crippen molar-refractivity contribution in [1.82, 2.24) is 5.32 Å². The third-order valence-electron chi connectivity index (χ3n) is 5.59. The van der Waals surface area contributed by atoms with Gasteiger partial charge in [-0.2, -0.15) is 0 Å². The Morgan fingerprint density at radius 3 is 2.29 bits per heavy atom. The third-order valence-corrected chi connectivity index (χ3v) is 6.28. The van der Waals surface area contributed by atoms with Gasteiger partial charge in [0.2, 0.25) is 0 Å². The zero-order valence-corrected chi connectivity index (χ0v) is 13.5. The summed E-state index contributed by atoms with van der Waals surface area (Å²) >= 11 is 3.35. The lowest BCUT2D eigenvalue weighted by Gasteiger charge is -2.56. The van der Waals surface area contributed by atoms with E-state index in [1.54, 1.807) is 6.07 Å². The van der Waals surface area contributed by atoms with Crippen molar-refractivity contribution in [3.8, 4) is 0 Å². The first-order chi connectivity index (χ1) is 10.0. The molecule has 4 aliphatic rings. The largest absolute Gasteiger partial charge is 0.347 e. The number of amides is 1. The van der Waals surface area contributed by atoms with Gasteiger partial charge in [-0.25, -0.2) is 4.39 Å². The fourth-order valence-corrected chi connectivity index (χ4v) is 5.67. The predicted octanol–water partition coefficient (Wildman–Crippen LogP) is 4.29. The molecule has 0 aliphatic heterocycles. The Hall–Kier alpha value is -0.900. The highest BCUT2D eigenvalue weighted by molar-refractivity contribution is 9.10. The first-order valence-corrected chi connectivity index (χ1v) is 8.60. The van der Waals surface area contributed by atoms with Crippen LogP contribution >= 0.6 is 15.9 Å². The maximum Gasteiger partial charge on any atom is 0.252 e. The number of halogens is 2. The Kier molecular flexibility index (Phi) is 3.14. The molecular formula is C17H19BrFNO. The molecule has 4 saturated carbocycles. The highest BCUT2D eigenvalue weighted by atomic mass is 79.9. The highest BCUT2D eigenvalue weighted by Gasteiger charge is 2.51. The van der Waals surface area contributed by atoms with Crippen LogP contribution in [0.4, 0.5) is 4.39 Å². The lowest BCUT2D eigenvalue weighted by atomic mass is 9.53. The van der Waals surface area contributed by atoms with Crippen molar-refractivity contribution in [2.45, 2.75) is 44.1 Å². The van der Waals surface area contributed by atoms with Crippen molar-refractivity contribution < 1.29 is 9.18 Å². The molecule has 2 nitrogen and oxygen atoms in total. The SMILES string of the molecule is O=C(NC12CC3CC(CC(C3)C1)C2)c1cc(F)ccc1Br. The minimum absolute atomic E-state index is 0.0302. The number of hydrogen-bond acceptors (Lipinski definition) is 1. The average Bonchev–Trinajstić information content (AvgIpc) is 2.39. The number of hydrogen-bond donors (Lipinski definition) is 1. The molecule has 0 atom stereocenters. The van der Waals surface area contributed by atoms with Crippen LogP contribution in [0.5, 0.6) is 0 Å². The van der Waals surface area contributed by atoms with E-state index in [9.17, 15) is 9.18 Å². The molecule has 5 rings (SSSR count). The van der Waals surface area contributed by atoms with E-state index in [2.05, 4.69) is 21.2 Å². The van der Waals surface area contributed by atoms with E-state index in [-0.39, 0.29) is 17.3 Å². The van der Waals surface area contributed by atoms with Crippen molar-refractivity contribution in [1.29, 1.82) is 0 Å². The van der Waals surface area contributed by atoms with Crippen LogP contribution in [-0.2, 0) is 0 Å². The Bertz CT molecular complexity index is 565. The van der Waals surface area contributed by atoms with E-state index >= 15 is 0 Å². The summed E-state index contributed by atoms with van der Waals surface area (Å²) in [5.41, 5.74) is 0.378. The summed E-state index contributed by atoms with van der Waals surface area (Å²) in [5.74, 6) is 1.85. The van der Waals surface area contributed by atoms with Gasteiger partial charge in [0.1, 0.15) is 5.82 Å². The second kappa shape index (κ2) is 4.80. The first kappa shape index (κ1) is 13.7. The molecule has 1 amide bonds. The fourth-order valence-electron chi connectivity index (χ4n) is 5.24. The molecule has 0 radical (unpaired) electrons. The van der Waals surface area contributed by atoms with Crippen molar-refractivity contribution in [3.05, 3.63) is 34.1 Å². The fraction of sp³-hybridized carbons (Fsp3) is 0.588. The minimum atomic E-state index is -0.367. The Balaban J connectivity index is 1.58. The van der Waals surface area contributed by atoms with Gasteiger partial charge in [-0.05, 0) is 90.4 Å². The molecule has 0 unspecified atom stereocenters. The Morgan fingerprint density at radius 1 is 1.14 bits per heavy atom. The Labute approximate surface area is 132 Å². The molecule has 1 aromatic rings. The molecule has 4 bridgehead atoms. The van der Waals surface area contributed by atoms with E-state index in [4.69, 9.17) is 0 Å². The topological polar surface area (TPSA) is 29.1 Å². The van der Waals surface area contributed by atoms with Gasteiger partial charge in [0, 0.05) is 10.0 Å². The van der Waals surface area contributed by atoms with E-state index in [0.717, 1.165) is 37.0 Å². The molecule has 0 aromatic heterocycles. The molecule has 21 heavy (non-hydrogen) atoms. The maximum absolute atomic E-state index is 13.4. The number of carbonyl (C=O) groups excluding carboxylic acids is 1. The molecular weight excluding hydrogens is 333 g/mol. The third kappa shape index (κ3) is 2.41. The quantitative estimate of drug-likeness (QED) is 0.846. The van der Waals surface area contributed by atoms with Crippen LogP contribution in [0.15, 0.2) is 22.7 Å². The first-order valence-electron chi connectivity index (χ1n) is 7.81. The van der Waals surface area contributed by atoms with Crippen LogP contribution in [0.2, 0.25) is 0 Å². The zero-order valence-electron chi connectivity index (χ0n) is 11.9. The van der Waals surface area contributed by atoms with E-state index in [0.29, 0.717) is 10.0 Å². The zero-order chi connectivity index (χ0) is 14.6. The van der Waals surface area contributed by atoms with Crippen LogP contribution < -0.4 is 5.32 Å². The summed E-state index contributed by atoms with van der Waals surface area (Å²) in [6, 6.07) is 4.29. The summed E-state index contributed by atoms with van der Waals surface area (Å²) in [4.78, 5) is 12.6. The molecule has 0 heterocycles. The van der Waals surface area contributed by atoms with E-state index < -0.39 is 0 Å². The summed E-state index contributed by atoms with van der Waals surface area (Å²) in [5, 5.41) is 3.27. The molecule has 0 saturated heterocycles. The maximum atomic E-state index is 13.4. The van der Waals surface area contributed by atoms with Gasteiger partial charge in [-0.3, -0.25) is 4.79 Å². The van der Waals surface area contributed by atoms with Crippen molar-refractivity contribution >= 4 is 21.8 Å². The van der Waals surface area contributed by atoms with Crippen molar-refractivity contribution in [3.63, 3.8) is 0 Å². The van der Waals surface area contributed by atoms with Crippen LogP contribution in [0.1, 0.15) is 48.9 Å². The molecule has 1 N–H and O–H groups in total. The molecule has 112 valence electrons. The minimum Gasteiger partial charge on any atom is -0.347 e. The summed E-state index contributed by atoms with van der Waals surface area (Å²) in [6.07, 6.45) is 7.36. The van der Waals surface area contributed by atoms with Crippen LogP contribution in [0.25, 0.3) is 0 Å². The summed E-state index contributed by atoms with van der Waals surface area (Å²) < 4.78 is 14.1. The van der Waals surface area contributed by atoms with Gasteiger partial charge in [0.05, 0.1) is 5.56 Å². The van der Waals surface area contributed by atoms with Gasteiger partial charge >= 0.3 is 0 Å². The van der Waals surface area contributed by atoms with Crippen LogP contribution in [0.3, 0.4) is 0 Å². The van der Waals surface area contributed by atoms with Gasteiger partial charge in [0.25, 0.3) is 5.91 Å². The van der Waals surface area contributed by atoms with Crippen LogP contribution in [-0.4, -0.2) is 11.4 Å². The molecule has 4 aliphatic carbocycles. The standard InChI is InChI=1S/C17H19BrFNO/c18-15-2-1-13(19)6-14(15)16(21)20-17-7-10-3-11(8-17)5-12(4-10)9-17/h1-2,6,10-12H,3-5,7-9H2,(H,20,21). The van der Waals surface area contributed by atoms with Gasteiger partial charge in [-0.15, -0.1) is 0 Å². The summed E-state index contributed by atoms with van der Waals surface area (Å²) in [7, 11) is 0. The van der Waals surface area contributed by atoms with E-state index in [1.807, 2.05) is 0 Å². The molecule has 4 fully saturated rings. The number of nitrogens with one attached hydrogen (secondary N) is 1. The van der Waals surface area contributed by atoms with Gasteiger partial charge in [-0.1, -0.05) is 0 Å². The van der Waals surface area contributed by atoms with Gasteiger partial charge < -0.3 is 5.32 Å². The van der Waals surface area contributed by atoms with Gasteiger partial charge in [0.15, 0.2) is 0 Å². The second-order valence-corrected chi connectivity index (χ2v) is 8.13. The summed E-state index contributed by atoms with van der Waals surface area (Å²) in [6.45, 7) is 0. The molecule has 1 aromatic carbocycles.